The van der Waals surface area contributed by atoms with E-state index in [1.54, 1.807) is 48.5 Å². The molecule has 1 heterocycles. The van der Waals surface area contributed by atoms with Gasteiger partial charge in [-0.15, -0.1) is 0 Å². The van der Waals surface area contributed by atoms with Crippen molar-refractivity contribution in [2.45, 2.75) is 11.4 Å². The standard InChI is InChI=1S/C15H14N2O2S/c18-14(11-7-3-1-4-8-11)15(19,17-13(20)16-14)12-9-5-2-6-10-12/h1-10,18-19H,(H2,16,17,20). The summed E-state index contributed by atoms with van der Waals surface area (Å²) in [5.74, 6) is 0. The SMILES string of the molecule is OC1(c2ccccc2)NC(=S)NC1(O)c1ccccc1. The lowest BCUT2D eigenvalue weighted by molar-refractivity contribution is -0.166. The summed E-state index contributed by atoms with van der Waals surface area (Å²) < 4.78 is 0. The van der Waals surface area contributed by atoms with Crippen LogP contribution in [-0.4, -0.2) is 15.3 Å². The summed E-state index contributed by atoms with van der Waals surface area (Å²) in [4.78, 5) is 0. The van der Waals surface area contributed by atoms with Crippen molar-refractivity contribution in [2.24, 2.45) is 0 Å². The van der Waals surface area contributed by atoms with Crippen LogP contribution in [-0.2, 0) is 11.4 Å². The van der Waals surface area contributed by atoms with Gasteiger partial charge in [0.2, 0.25) is 11.4 Å². The summed E-state index contributed by atoms with van der Waals surface area (Å²) in [6.07, 6.45) is 0. The zero-order chi connectivity index (χ0) is 14.2. The molecule has 0 radical (unpaired) electrons. The number of thiocarbonyl (C=S) groups is 1. The molecule has 0 spiro atoms. The highest BCUT2D eigenvalue weighted by molar-refractivity contribution is 7.80. The lowest BCUT2D eigenvalue weighted by Gasteiger charge is -2.36. The van der Waals surface area contributed by atoms with Gasteiger partial charge in [-0.2, -0.15) is 0 Å². The van der Waals surface area contributed by atoms with E-state index < -0.39 is 11.4 Å². The predicted molar refractivity (Wildman–Crippen MR) is 79.5 cm³/mol. The van der Waals surface area contributed by atoms with Crippen LogP contribution in [0.4, 0.5) is 0 Å². The maximum Gasteiger partial charge on any atom is 0.217 e. The van der Waals surface area contributed by atoms with E-state index in [0.29, 0.717) is 11.1 Å². The smallest absolute Gasteiger partial charge is 0.217 e. The molecule has 0 saturated carbocycles. The predicted octanol–water partition coefficient (Wildman–Crippen LogP) is 1.15. The number of nitrogens with one attached hydrogen (secondary N) is 2. The molecule has 1 aliphatic heterocycles. The highest BCUT2D eigenvalue weighted by atomic mass is 32.1. The number of hydrogen-bond donors (Lipinski definition) is 4. The van der Waals surface area contributed by atoms with Crippen LogP contribution in [0, 0.1) is 0 Å². The number of hydrogen-bond acceptors (Lipinski definition) is 3. The molecule has 102 valence electrons. The van der Waals surface area contributed by atoms with Crippen LogP contribution in [0.3, 0.4) is 0 Å². The van der Waals surface area contributed by atoms with Gasteiger partial charge >= 0.3 is 0 Å². The second-order valence-corrected chi connectivity index (χ2v) is 5.14. The lowest BCUT2D eigenvalue weighted by Crippen LogP contribution is -2.55. The van der Waals surface area contributed by atoms with Crippen molar-refractivity contribution in [2.75, 3.05) is 0 Å². The zero-order valence-corrected chi connectivity index (χ0v) is 11.4. The Hall–Kier alpha value is -1.95. The van der Waals surface area contributed by atoms with Gasteiger partial charge in [-0.05, 0) is 12.2 Å². The van der Waals surface area contributed by atoms with E-state index in [1.165, 1.54) is 0 Å². The van der Waals surface area contributed by atoms with E-state index in [2.05, 4.69) is 10.6 Å². The van der Waals surface area contributed by atoms with Crippen molar-refractivity contribution in [3.8, 4) is 0 Å². The second-order valence-electron chi connectivity index (χ2n) is 4.73. The maximum absolute atomic E-state index is 11.0. The van der Waals surface area contributed by atoms with Crippen molar-refractivity contribution in [1.29, 1.82) is 0 Å². The molecule has 0 bridgehead atoms. The minimum absolute atomic E-state index is 0.197. The first-order valence-electron chi connectivity index (χ1n) is 6.22. The Morgan fingerprint density at radius 3 is 1.40 bits per heavy atom. The van der Waals surface area contributed by atoms with Crippen LogP contribution >= 0.6 is 12.2 Å². The molecule has 1 aliphatic rings. The molecule has 0 aromatic heterocycles. The van der Waals surface area contributed by atoms with Crippen LogP contribution in [0.2, 0.25) is 0 Å². The Morgan fingerprint density at radius 1 is 0.700 bits per heavy atom. The number of rotatable bonds is 2. The molecule has 2 aromatic carbocycles. The van der Waals surface area contributed by atoms with Crippen LogP contribution < -0.4 is 10.6 Å². The summed E-state index contributed by atoms with van der Waals surface area (Å²) in [5, 5.41) is 27.7. The largest absolute Gasteiger partial charge is 0.363 e. The summed E-state index contributed by atoms with van der Waals surface area (Å²) in [6.45, 7) is 0. The molecule has 2 atom stereocenters. The normalized spacial score (nSPS) is 28.8. The van der Waals surface area contributed by atoms with Gasteiger partial charge in [0.25, 0.3) is 0 Å². The Morgan fingerprint density at radius 2 is 1.05 bits per heavy atom. The highest BCUT2D eigenvalue weighted by Crippen LogP contribution is 2.39. The Kier molecular flexibility index (Phi) is 2.97. The third-order valence-corrected chi connectivity index (χ3v) is 3.70. The van der Waals surface area contributed by atoms with Gasteiger partial charge in [-0.1, -0.05) is 60.7 Å². The molecule has 5 heteroatoms. The summed E-state index contributed by atoms with van der Waals surface area (Å²) >= 11 is 5.07. The number of benzene rings is 2. The molecule has 0 aliphatic carbocycles. The molecule has 2 aromatic rings. The monoisotopic (exact) mass is 286 g/mol. The van der Waals surface area contributed by atoms with E-state index in [9.17, 15) is 10.2 Å². The van der Waals surface area contributed by atoms with E-state index in [1.807, 2.05) is 12.1 Å². The van der Waals surface area contributed by atoms with Gasteiger partial charge < -0.3 is 20.8 Å². The molecule has 4 nitrogen and oxygen atoms in total. The fourth-order valence-electron chi connectivity index (χ4n) is 2.46. The Bertz CT molecular complexity index is 579. The summed E-state index contributed by atoms with van der Waals surface area (Å²) in [5.41, 5.74) is -2.41. The molecule has 3 rings (SSSR count). The van der Waals surface area contributed by atoms with Gasteiger partial charge in [0.05, 0.1) is 0 Å². The van der Waals surface area contributed by atoms with Crippen molar-refractivity contribution >= 4 is 17.3 Å². The fraction of sp³-hybridized carbons (Fsp3) is 0.133. The van der Waals surface area contributed by atoms with Crippen LogP contribution in [0.5, 0.6) is 0 Å². The third-order valence-electron chi connectivity index (χ3n) is 3.50. The molecule has 20 heavy (non-hydrogen) atoms. The lowest BCUT2D eigenvalue weighted by atomic mass is 9.87. The van der Waals surface area contributed by atoms with Gasteiger partial charge in [-0.3, -0.25) is 0 Å². The molecule has 2 unspecified atom stereocenters. The van der Waals surface area contributed by atoms with Crippen LogP contribution in [0.25, 0.3) is 0 Å². The summed E-state index contributed by atoms with van der Waals surface area (Å²) in [6, 6.07) is 17.8. The van der Waals surface area contributed by atoms with Gasteiger partial charge in [-0.25, -0.2) is 0 Å². The van der Waals surface area contributed by atoms with Gasteiger partial charge in [0, 0.05) is 11.1 Å². The van der Waals surface area contributed by atoms with Crippen molar-refractivity contribution in [1.82, 2.24) is 10.6 Å². The molecule has 4 N–H and O–H groups in total. The first-order chi connectivity index (χ1) is 9.56. The molecular formula is C15H14N2O2S. The first kappa shape index (κ1) is 13.1. The fourth-order valence-corrected chi connectivity index (χ4v) is 2.76. The average molecular weight is 286 g/mol. The molecule has 1 fully saturated rings. The average Bonchev–Trinajstić information content (AvgIpc) is 2.72. The summed E-state index contributed by atoms with van der Waals surface area (Å²) in [7, 11) is 0. The Balaban J connectivity index is 2.16. The minimum Gasteiger partial charge on any atom is -0.363 e. The molecular weight excluding hydrogens is 272 g/mol. The van der Waals surface area contributed by atoms with Gasteiger partial charge in [0.1, 0.15) is 0 Å². The second kappa shape index (κ2) is 4.56. The van der Waals surface area contributed by atoms with Crippen molar-refractivity contribution in [3.05, 3.63) is 71.8 Å². The van der Waals surface area contributed by atoms with Crippen molar-refractivity contribution in [3.63, 3.8) is 0 Å². The topological polar surface area (TPSA) is 64.5 Å². The maximum atomic E-state index is 11.0. The highest BCUT2D eigenvalue weighted by Gasteiger charge is 2.57. The third kappa shape index (κ3) is 1.79. The zero-order valence-electron chi connectivity index (χ0n) is 10.6. The molecule has 1 saturated heterocycles. The molecule has 0 amide bonds. The number of aliphatic hydroxyl groups is 2. The van der Waals surface area contributed by atoms with Crippen LogP contribution in [0.1, 0.15) is 11.1 Å². The van der Waals surface area contributed by atoms with Crippen LogP contribution in [0.15, 0.2) is 60.7 Å². The quantitative estimate of drug-likeness (QED) is 0.624. The Labute approximate surface area is 122 Å². The van der Waals surface area contributed by atoms with Gasteiger partial charge in [0.15, 0.2) is 5.11 Å². The first-order valence-corrected chi connectivity index (χ1v) is 6.63. The van der Waals surface area contributed by atoms with E-state index in [0.717, 1.165) is 0 Å². The van der Waals surface area contributed by atoms with E-state index in [-0.39, 0.29) is 5.11 Å². The van der Waals surface area contributed by atoms with E-state index >= 15 is 0 Å². The van der Waals surface area contributed by atoms with E-state index in [4.69, 9.17) is 12.2 Å². The van der Waals surface area contributed by atoms with Crippen molar-refractivity contribution < 1.29 is 10.2 Å². The minimum atomic E-state index is -1.73.